The third-order valence-corrected chi connectivity index (χ3v) is 3.76. The second kappa shape index (κ2) is 6.90. The van der Waals surface area contributed by atoms with E-state index in [0.717, 1.165) is 24.1 Å². The Labute approximate surface area is 123 Å². The standard InChI is InChI=1S/C15H16Cl2N2/c1-2-8-19-15(11-6-9-18-10-7-11)12-4-3-5-13(16)14(12)17/h3-7,9-10,15,19H,2,8H2,1H3. The smallest absolute Gasteiger partial charge is 0.0643 e. The Hall–Kier alpha value is -1.09. The molecule has 1 N–H and O–H groups in total. The van der Waals surface area contributed by atoms with Gasteiger partial charge in [-0.05, 0) is 42.3 Å². The highest BCUT2D eigenvalue weighted by Crippen LogP contribution is 2.32. The van der Waals surface area contributed by atoms with Crippen molar-refractivity contribution in [3.05, 3.63) is 63.9 Å². The highest BCUT2D eigenvalue weighted by atomic mass is 35.5. The molecule has 0 amide bonds. The third-order valence-electron chi connectivity index (χ3n) is 2.93. The second-order valence-corrected chi connectivity index (χ2v) is 5.10. The Bertz CT molecular complexity index is 529. The lowest BCUT2D eigenvalue weighted by Gasteiger charge is -2.21. The normalized spacial score (nSPS) is 12.4. The van der Waals surface area contributed by atoms with E-state index >= 15 is 0 Å². The lowest BCUT2D eigenvalue weighted by atomic mass is 9.99. The highest BCUT2D eigenvalue weighted by Gasteiger charge is 2.17. The van der Waals surface area contributed by atoms with Gasteiger partial charge in [0.2, 0.25) is 0 Å². The Morgan fingerprint density at radius 3 is 2.58 bits per heavy atom. The molecule has 1 atom stereocenters. The molecule has 0 saturated heterocycles. The quantitative estimate of drug-likeness (QED) is 0.880. The summed E-state index contributed by atoms with van der Waals surface area (Å²) in [5, 5.41) is 4.69. The van der Waals surface area contributed by atoms with Crippen LogP contribution < -0.4 is 5.32 Å². The number of rotatable bonds is 5. The lowest BCUT2D eigenvalue weighted by molar-refractivity contribution is 0.598. The van der Waals surface area contributed by atoms with Crippen molar-refractivity contribution in [1.82, 2.24) is 10.3 Å². The molecule has 0 aliphatic carbocycles. The minimum absolute atomic E-state index is 0.0362. The van der Waals surface area contributed by atoms with Crippen molar-refractivity contribution in [3.63, 3.8) is 0 Å². The highest BCUT2D eigenvalue weighted by molar-refractivity contribution is 6.42. The molecular weight excluding hydrogens is 279 g/mol. The number of nitrogens with zero attached hydrogens (tertiary/aromatic N) is 1. The number of halogens is 2. The molecule has 1 aromatic heterocycles. The van der Waals surface area contributed by atoms with Gasteiger partial charge in [-0.3, -0.25) is 4.98 Å². The summed E-state index contributed by atoms with van der Waals surface area (Å²) < 4.78 is 0. The van der Waals surface area contributed by atoms with Crippen LogP contribution in [0.15, 0.2) is 42.7 Å². The summed E-state index contributed by atoms with van der Waals surface area (Å²) >= 11 is 12.4. The molecule has 0 bridgehead atoms. The molecule has 0 saturated carbocycles. The van der Waals surface area contributed by atoms with E-state index in [1.54, 1.807) is 18.5 Å². The summed E-state index contributed by atoms with van der Waals surface area (Å²) in [6.07, 6.45) is 4.63. The van der Waals surface area contributed by atoms with Crippen molar-refractivity contribution < 1.29 is 0 Å². The predicted octanol–water partition coefficient (Wildman–Crippen LogP) is 4.48. The average molecular weight is 295 g/mol. The van der Waals surface area contributed by atoms with Crippen molar-refractivity contribution in [1.29, 1.82) is 0 Å². The molecule has 0 fully saturated rings. The lowest BCUT2D eigenvalue weighted by Crippen LogP contribution is -2.23. The van der Waals surface area contributed by atoms with E-state index in [1.165, 1.54) is 0 Å². The van der Waals surface area contributed by atoms with E-state index in [0.29, 0.717) is 10.0 Å². The zero-order valence-corrected chi connectivity index (χ0v) is 12.2. The van der Waals surface area contributed by atoms with Crippen LogP contribution in [0.1, 0.15) is 30.5 Å². The Morgan fingerprint density at radius 2 is 1.89 bits per heavy atom. The van der Waals surface area contributed by atoms with Crippen LogP contribution in [0.25, 0.3) is 0 Å². The number of hydrogen-bond donors (Lipinski definition) is 1. The van der Waals surface area contributed by atoms with Crippen molar-refractivity contribution in [3.8, 4) is 0 Å². The molecule has 2 aromatic rings. The van der Waals surface area contributed by atoms with Gasteiger partial charge in [-0.2, -0.15) is 0 Å². The summed E-state index contributed by atoms with van der Waals surface area (Å²) in [5.41, 5.74) is 2.13. The van der Waals surface area contributed by atoms with E-state index in [4.69, 9.17) is 23.2 Å². The van der Waals surface area contributed by atoms with Crippen LogP contribution in [-0.4, -0.2) is 11.5 Å². The van der Waals surface area contributed by atoms with Crippen molar-refractivity contribution in [2.24, 2.45) is 0 Å². The molecule has 1 unspecified atom stereocenters. The maximum Gasteiger partial charge on any atom is 0.0643 e. The van der Waals surface area contributed by atoms with Crippen LogP contribution >= 0.6 is 23.2 Å². The third kappa shape index (κ3) is 3.47. The van der Waals surface area contributed by atoms with Crippen molar-refractivity contribution >= 4 is 23.2 Å². The Kier molecular flexibility index (Phi) is 5.20. The molecule has 0 spiro atoms. The Morgan fingerprint density at radius 1 is 1.16 bits per heavy atom. The van der Waals surface area contributed by atoms with E-state index in [9.17, 15) is 0 Å². The number of hydrogen-bond acceptors (Lipinski definition) is 2. The first-order valence-corrected chi connectivity index (χ1v) is 7.07. The van der Waals surface area contributed by atoms with Gasteiger partial charge in [-0.25, -0.2) is 0 Å². The van der Waals surface area contributed by atoms with Gasteiger partial charge in [-0.15, -0.1) is 0 Å². The van der Waals surface area contributed by atoms with Crippen molar-refractivity contribution in [2.75, 3.05) is 6.54 Å². The molecule has 0 aliphatic rings. The molecule has 1 heterocycles. The predicted molar refractivity (Wildman–Crippen MR) is 80.8 cm³/mol. The number of nitrogens with one attached hydrogen (secondary N) is 1. The molecule has 4 heteroatoms. The van der Waals surface area contributed by atoms with Gasteiger partial charge in [0, 0.05) is 12.4 Å². The van der Waals surface area contributed by atoms with Gasteiger partial charge in [0.1, 0.15) is 0 Å². The second-order valence-electron chi connectivity index (χ2n) is 4.31. The molecule has 2 nitrogen and oxygen atoms in total. The fraction of sp³-hybridized carbons (Fsp3) is 0.267. The zero-order chi connectivity index (χ0) is 13.7. The minimum Gasteiger partial charge on any atom is -0.306 e. The van der Waals surface area contributed by atoms with E-state index in [-0.39, 0.29) is 6.04 Å². The fourth-order valence-electron chi connectivity index (χ4n) is 2.00. The molecule has 0 aliphatic heterocycles. The van der Waals surface area contributed by atoms with Gasteiger partial charge >= 0.3 is 0 Å². The molecule has 2 rings (SSSR count). The first-order valence-electron chi connectivity index (χ1n) is 6.31. The largest absolute Gasteiger partial charge is 0.306 e. The SMILES string of the molecule is CCCNC(c1ccncc1)c1cccc(Cl)c1Cl. The van der Waals surface area contributed by atoms with E-state index < -0.39 is 0 Å². The van der Waals surface area contributed by atoms with Crippen LogP contribution in [0.4, 0.5) is 0 Å². The van der Waals surface area contributed by atoms with Gasteiger partial charge in [0.15, 0.2) is 0 Å². The van der Waals surface area contributed by atoms with E-state index in [2.05, 4.69) is 17.2 Å². The summed E-state index contributed by atoms with van der Waals surface area (Å²) in [6, 6.07) is 9.74. The van der Waals surface area contributed by atoms with Gasteiger partial charge in [0.25, 0.3) is 0 Å². The van der Waals surface area contributed by atoms with Crippen LogP contribution in [0.2, 0.25) is 10.0 Å². The average Bonchev–Trinajstić information content (AvgIpc) is 2.45. The molecular formula is C15H16Cl2N2. The van der Waals surface area contributed by atoms with Crippen LogP contribution in [-0.2, 0) is 0 Å². The summed E-state index contributed by atoms with van der Waals surface area (Å²) in [7, 11) is 0. The molecule has 19 heavy (non-hydrogen) atoms. The van der Waals surface area contributed by atoms with Crippen LogP contribution in [0.5, 0.6) is 0 Å². The van der Waals surface area contributed by atoms with Crippen LogP contribution in [0, 0.1) is 0 Å². The Balaban J connectivity index is 2.40. The summed E-state index contributed by atoms with van der Waals surface area (Å²) in [4.78, 5) is 4.05. The molecule has 100 valence electrons. The summed E-state index contributed by atoms with van der Waals surface area (Å²) in [6.45, 7) is 3.05. The summed E-state index contributed by atoms with van der Waals surface area (Å²) in [5.74, 6) is 0. The number of benzene rings is 1. The van der Waals surface area contributed by atoms with Gasteiger partial charge < -0.3 is 5.32 Å². The zero-order valence-electron chi connectivity index (χ0n) is 10.7. The molecule has 0 radical (unpaired) electrons. The van der Waals surface area contributed by atoms with E-state index in [1.807, 2.05) is 24.3 Å². The topological polar surface area (TPSA) is 24.9 Å². The minimum atomic E-state index is 0.0362. The maximum absolute atomic E-state index is 6.33. The number of pyridine rings is 1. The molecule has 1 aromatic carbocycles. The number of aromatic nitrogens is 1. The van der Waals surface area contributed by atoms with Gasteiger partial charge in [0.05, 0.1) is 16.1 Å². The fourth-order valence-corrected chi connectivity index (χ4v) is 2.41. The first-order chi connectivity index (χ1) is 9.24. The maximum atomic E-state index is 6.33. The monoisotopic (exact) mass is 294 g/mol. The van der Waals surface area contributed by atoms with Gasteiger partial charge in [-0.1, -0.05) is 42.3 Å². The van der Waals surface area contributed by atoms with Crippen molar-refractivity contribution in [2.45, 2.75) is 19.4 Å². The first kappa shape index (κ1) is 14.3. The van der Waals surface area contributed by atoms with Crippen LogP contribution in [0.3, 0.4) is 0 Å².